The maximum atomic E-state index is 14.8. The van der Waals surface area contributed by atoms with Crippen LogP contribution in [0.5, 0.6) is 0 Å². The Morgan fingerprint density at radius 2 is 0.664 bits per heavy atom. The molecular weight excluding hydrogens is 1420 g/mol. The molecule has 4 heterocycles. The number of carbonyl (C=O) groups is 8. The van der Waals surface area contributed by atoms with Gasteiger partial charge in [0.05, 0.1) is 39.3 Å². The highest BCUT2D eigenvalue weighted by Crippen LogP contribution is 2.36. The van der Waals surface area contributed by atoms with Crippen molar-refractivity contribution >= 4 is 70.0 Å². The highest BCUT2D eigenvalue weighted by Gasteiger charge is 2.49. The average Bonchev–Trinajstić information content (AvgIpc) is 1.69. The number of hydrogen-bond acceptors (Lipinski definition) is 8. The van der Waals surface area contributed by atoms with E-state index in [1.165, 1.54) is 139 Å². The number of alkyl halides is 8. The molecule has 0 radical (unpaired) electrons. The minimum Gasteiger partial charge on any atom is -0.348 e. The Morgan fingerprint density at radius 3 is 0.944 bits per heavy atom. The first-order valence-corrected chi connectivity index (χ1v) is 33.0. The van der Waals surface area contributed by atoms with E-state index in [4.69, 9.17) is 0 Å². The van der Waals surface area contributed by atoms with Gasteiger partial charge < -0.3 is 60.8 Å². The molecule has 0 unspecified atom stereocenters. The molecule has 0 aliphatic heterocycles. The fraction of sp³-hybridized carbons (Fsp3) is 0.360. The van der Waals surface area contributed by atoms with Crippen LogP contribution < -0.4 is 42.5 Å². The number of anilines is 4. The Kier molecular flexibility index (Phi) is 27.9. The number of aryl methyl sites for hydroxylation is 8. The maximum Gasteiger partial charge on any atom is 0.364 e. The van der Waals surface area contributed by atoms with Gasteiger partial charge in [-0.05, 0) is 216 Å². The zero-order chi connectivity index (χ0) is 81.1. The van der Waals surface area contributed by atoms with Crippen LogP contribution in [-0.2, 0) is 71.1 Å². The zero-order valence-electron chi connectivity index (χ0n) is 62.0. The number of halogens is 12. The molecule has 0 aliphatic rings. The van der Waals surface area contributed by atoms with Crippen LogP contribution in [0.3, 0.4) is 0 Å². The van der Waals surface area contributed by atoms with Crippen molar-refractivity contribution in [1.82, 2.24) is 39.5 Å². The standard InChI is InChI=1S/3C19H22F3N3O2.C18H20F3N3O2/c1-11-8-13(6-7-14(11)20)23-16(26)12-9-15(25(5)10-12)19(21,22)17(27)24-18(2,3)4;1-11-10-12(6-7-14(11)20)23-16(26)13-8-9-25(5)15(13)19(21,22)17(27)24-18(2,3)4;1-5-12(3)23-18(27)19(21,22)16-9-13(10-25(16)4)17(26)24-14-6-7-15(20)11(2)8-14;1-10(2)22-17(26)18(20,21)15-8-12(9-24(15)4)16(25)23-13-5-6-14(19)11(3)7-13/h2*6-10H,1-5H3,(H,23,26)(H,24,27);6-10,12H,5H2,1-4H3,(H,23,27)(H,24,26);5-10H,1-4H3,(H,22,26)(H,23,25)/t;;12-;/m..0./s1. The molecule has 32 heteroatoms. The van der Waals surface area contributed by atoms with Gasteiger partial charge in [0.25, 0.3) is 47.3 Å². The van der Waals surface area contributed by atoms with Gasteiger partial charge in [-0.15, -0.1) is 0 Å². The summed E-state index contributed by atoms with van der Waals surface area (Å²) >= 11 is 0. The molecule has 8 amide bonds. The van der Waals surface area contributed by atoms with Crippen molar-refractivity contribution < 1.29 is 91.0 Å². The normalized spacial score (nSPS) is 12.0. The van der Waals surface area contributed by atoms with Crippen molar-refractivity contribution in [2.45, 2.75) is 150 Å². The number of carbonyl (C=O) groups excluding carboxylic acids is 8. The summed E-state index contributed by atoms with van der Waals surface area (Å²) in [5.41, 5.74) is -2.08. The molecule has 0 saturated heterocycles. The van der Waals surface area contributed by atoms with Gasteiger partial charge in [0, 0.05) is 98.9 Å². The second-order valence-corrected chi connectivity index (χ2v) is 27.7. The third-order valence-electron chi connectivity index (χ3n) is 15.6. The van der Waals surface area contributed by atoms with Crippen molar-refractivity contribution in [2.75, 3.05) is 21.3 Å². The van der Waals surface area contributed by atoms with Gasteiger partial charge in [-0.2, -0.15) is 35.1 Å². The molecule has 4 aromatic carbocycles. The van der Waals surface area contributed by atoms with E-state index in [0.717, 1.165) is 36.5 Å². The number of rotatable bonds is 19. The molecule has 0 spiro atoms. The maximum absolute atomic E-state index is 14.8. The number of benzene rings is 4. The Hall–Kier alpha value is -11.1. The van der Waals surface area contributed by atoms with Crippen molar-refractivity contribution in [3.8, 4) is 0 Å². The van der Waals surface area contributed by atoms with Crippen LogP contribution in [0.25, 0.3) is 0 Å². The lowest BCUT2D eigenvalue weighted by molar-refractivity contribution is -0.150. The Bertz CT molecular complexity index is 4620. The molecule has 0 aliphatic carbocycles. The lowest BCUT2D eigenvalue weighted by atomic mass is 10.1. The summed E-state index contributed by atoms with van der Waals surface area (Å²) in [5, 5.41) is 18.9. The van der Waals surface area contributed by atoms with Crippen molar-refractivity contribution in [3.63, 3.8) is 0 Å². The van der Waals surface area contributed by atoms with Crippen molar-refractivity contribution in [1.29, 1.82) is 0 Å². The number of nitrogens with one attached hydrogen (secondary N) is 8. The summed E-state index contributed by atoms with van der Waals surface area (Å²) in [5.74, 6) is -25.5. The summed E-state index contributed by atoms with van der Waals surface area (Å²) in [6.07, 6.45) is 5.42. The third kappa shape index (κ3) is 22.7. The van der Waals surface area contributed by atoms with Crippen LogP contribution in [0.2, 0.25) is 0 Å². The average molecular weight is 1510 g/mol. The molecule has 4 aromatic heterocycles. The molecule has 0 bridgehead atoms. The largest absolute Gasteiger partial charge is 0.364 e. The second-order valence-electron chi connectivity index (χ2n) is 27.7. The SMILES string of the molecule is CC[C@H](C)NC(=O)C(F)(F)c1cc(C(=O)Nc2ccc(F)c(C)c2)cn1C.Cc1cc(NC(=O)c2cc(C(F)(F)C(=O)NC(C)(C)C)n(C)c2)ccc1F.Cc1cc(NC(=O)c2cc(C(F)(F)C(=O)NC(C)C)n(C)c2)ccc1F.Cc1cc(NC(=O)c2ccn(C)c2C(F)(F)C(=O)NC(C)(C)C)ccc1F. The van der Waals surface area contributed by atoms with Gasteiger partial charge in [-0.1, -0.05) is 6.92 Å². The summed E-state index contributed by atoms with van der Waals surface area (Å²) in [4.78, 5) is 97.2. The topological polar surface area (TPSA) is 253 Å². The van der Waals surface area contributed by atoms with Crippen LogP contribution in [0.1, 0.15) is 162 Å². The molecule has 1 atom stereocenters. The first-order valence-electron chi connectivity index (χ1n) is 33.0. The van der Waals surface area contributed by atoms with Gasteiger partial charge in [-0.3, -0.25) is 38.4 Å². The highest BCUT2D eigenvalue weighted by atomic mass is 19.3. The third-order valence-corrected chi connectivity index (χ3v) is 15.6. The fourth-order valence-corrected chi connectivity index (χ4v) is 9.87. The minimum absolute atomic E-state index is 0.0366. The highest BCUT2D eigenvalue weighted by molar-refractivity contribution is 6.08. The van der Waals surface area contributed by atoms with Crippen molar-refractivity contribution in [2.24, 2.45) is 28.2 Å². The molecule has 0 saturated carbocycles. The van der Waals surface area contributed by atoms with Gasteiger partial charge in [-0.25, -0.2) is 17.6 Å². The van der Waals surface area contributed by atoms with E-state index in [2.05, 4.69) is 42.5 Å². The predicted octanol–water partition coefficient (Wildman–Crippen LogP) is 14.5. The summed E-state index contributed by atoms with van der Waals surface area (Å²) in [6.45, 7) is 22.2. The van der Waals surface area contributed by atoms with Gasteiger partial charge >= 0.3 is 23.7 Å². The zero-order valence-corrected chi connectivity index (χ0v) is 62.0. The monoisotopic (exact) mass is 1510 g/mol. The molecular formula is C75H86F12N12O8. The van der Waals surface area contributed by atoms with Crippen LogP contribution in [0, 0.1) is 51.0 Å². The number of aromatic nitrogens is 4. The first-order chi connectivity index (χ1) is 49.2. The van der Waals surface area contributed by atoms with E-state index in [0.29, 0.717) is 45.7 Å². The molecule has 107 heavy (non-hydrogen) atoms. The summed E-state index contributed by atoms with van der Waals surface area (Å²) in [6, 6.07) is 19.2. The molecule has 8 rings (SSSR count). The van der Waals surface area contributed by atoms with Crippen LogP contribution >= 0.6 is 0 Å². The number of nitrogens with zero attached hydrogens (tertiary/aromatic N) is 4. The fourth-order valence-electron chi connectivity index (χ4n) is 9.87. The van der Waals surface area contributed by atoms with Crippen LogP contribution in [-0.4, -0.2) is 88.7 Å². The second kappa shape index (κ2) is 34.4. The van der Waals surface area contributed by atoms with E-state index in [1.807, 2.05) is 0 Å². The minimum atomic E-state index is -3.92. The van der Waals surface area contributed by atoms with E-state index in [-0.39, 0.29) is 27.9 Å². The molecule has 20 nitrogen and oxygen atoms in total. The van der Waals surface area contributed by atoms with Gasteiger partial charge in [0.2, 0.25) is 0 Å². The van der Waals surface area contributed by atoms with Crippen LogP contribution in [0.15, 0.2) is 122 Å². The molecule has 8 N–H and O–H groups in total. The van der Waals surface area contributed by atoms with Crippen molar-refractivity contribution in [3.05, 3.63) is 212 Å². The molecule has 578 valence electrons. The van der Waals surface area contributed by atoms with Crippen LogP contribution in [0.4, 0.5) is 75.4 Å². The number of amides is 8. The van der Waals surface area contributed by atoms with Gasteiger partial charge in [0.1, 0.15) is 29.0 Å². The quantitative estimate of drug-likeness (QED) is 0.0361. The van der Waals surface area contributed by atoms with Gasteiger partial charge in [0.15, 0.2) is 0 Å². The molecule has 8 aromatic rings. The Balaban J connectivity index is 0.000000256. The summed E-state index contributed by atoms with van der Waals surface area (Å²) < 4.78 is 174. The van der Waals surface area contributed by atoms with E-state index in [9.17, 15) is 91.0 Å². The smallest absolute Gasteiger partial charge is 0.348 e. The summed E-state index contributed by atoms with van der Waals surface area (Å²) in [7, 11) is 5.31. The predicted molar refractivity (Wildman–Crippen MR) is 381 cm³/mol. The molecule has 0 fully saturated rings. The number of hydrogen-bond donors (Lipinski definition) is 8. The van der Waals surface area contributed by atoms with E-state index >= 15 is 0 Å². The lowest BCUT2D eigenvalue weighted by Gasteiger charge is -2.25. The lowest BCUT2D eigenvalue weighted by Crippen LogP contribution is -2.48. The van der Waals surface area contributed by atoms with E-state index in [1.54, 1.807) is 90.0 Å². The Morgan fingerprint density at radius 1 is 0.383 bits per heavy atom. The van der Waals surface area contributed by atoms with E-state index < -0.39 is 140 Å². The first kappa shape index (κ1) is 86.6. The Labute approximate surface area is 610 Å².